The van der Waals surface area contributed by atoms with E-state index in [0.717, 1.165) is 33.3 Å². The van der Waals surface area contributed by atoms with Crippen LogP contribution in [-0.2, 0) is 13.2 Å². The zero-order valence-electron chi connectivity index (χ0n) is 15.6. The van der Waals surface area contributed by atoms with Crippen molar-refractivity contribution in [1.82, 2.24) is 14.8 Å². The first-order valence-corrected chi connectivity index (χ1v) is 8.95. The smallest absolute Gasteiger partial charge is 0.258 e. The highest BCUT2D eigenvalue weighted by Crippen LogP contribution is 2.31. The van der Waals surface area contributed by atoms with Gasteiger partial charge in [0.05, 0.1) is 6.20 Å². The molecule has 142 valence electrons. The van der Waals surface area contributed by atoms with Gasteiger partial charge < -0.3 is 9.30 Å². The van der Waals surface area contributed by atoms with E-state index < -0.39 is 0 Å². The molecule has 0 atom stereocenters. The Balaban J connectivity index is 1.71. The maximum atomic E-state index is 13.2. The van der Waals surface area contributed by atoms with Crippen LogP contribution in [0.2, 0.25) is 0 Å². The van der Waals surface area contributed by atoms with E-state index >= 15 is 0 Å². The summed E-state index contributed by atoms with van der Waals surface area (Å²) in [6.07, 6.45) is 1.73. The van der Waals surface area contributed by atoms with Crippen LogP contribution in [0.4, 0.5) is 8.78 Å². The Kier molecular flexibility index (Phi) is 4.77. The SMILES string of the molecule is Cc1c(C)n(Cc2ccc(F)cc2)c2c(OCc3ccc(F)cc3)nncc12. The zero-order chi connectivity index (χ0) is 19.7. The molecule has 0 aliphatic carbocycles. The van der Waals surface area contributed by atoms with Gasteiger partial charge in [0.25, 0.3) is 5.88 Å². The molecule has 4 nitrogen and oxygen atoms in total. The van der Waals surface area contributed by atoms with Crippen LogP contribution in [0.5, 0.6) is 5.88 Å². The van der Waals surface area contributed by atoms with Crippen LogP contribution in [0, 0.1) is 25.5 Å². The van der Waals surface area contributed by atoms with E-state index in [-0.39, 0.29) is 18.2 Å². The largest absolute Gasteiger partial charge is 0.470 e. The van der Waals surface area contributed by atoms with Crippen LogP contribution in [-0.4, -0.2) is 14.8 Å². The number of halogens is 2. The van der Waals surface area contributed by atoms with Gasteiger partial charge in [-0.3, -0.25) is 0 Å². The van der Waals surface area contributed by atoms with Crippen molar-refractivity contribution in [2.45, 2.75) is 27.0 Å². The number of hydrogen-bond donors (Lipinski definition) is 0. The summed E-state index contributed by atoms with van der Waals surface area (Å²) in [6.45, 7) is 4.88. The molecular formula is C22H19F2N3O. The van der Waals surface area contributed by atoms with Crippen molar-refractivity contribution < 1.29 is 13.5 Å². The number of aryl methyl sites for hydroxylation is 1. The van der Waals surface area contributed by atoms with Crippen LogP contribution in [0.1, 0.15) is 22.4 Å². The lowest BCUT2D eigenvalue weighted by Crippen LogP contribution is -2.05. The minimum Gasteiger partial charge on any atom is -0.470 e. The average molecular weight is 379 g/mol. The molecule has 0 aliphatic rings. The highest BCUT2D eigenvalue weighted by Gasteiger charge is 2.17. The van der Waals surface area contributed by atoms with E-state index in [9.17, 15) is 8.78 Å². The van der Waals surface area contributed by atoms with Gasteiger partial charge in [-0.25, -0.2) is 8.78 Å². The molecular weight excluding hydrogens is 360 g/mol. The molecule has 2 heterocycles. The van der Waals surface area contributed by atoms with Crippen molar-refractivity contribution in [3.8, 4) is 5.88 Å². The third-order valence-corrected chi connectivity index (χ3v) is 4.96. The lowest BCUT2D eigenvalue weighted by molar-refractivity contribution is 0.293. The number of hydrogen-bond acceptors (Lipinski definition) is 3. The molecule has 0 bridgehead atoms. The van der Waals surface area contributed by atoms with E-state index in [2.05, 4.69) is 14.8 Å². The quantitative estimate of drug-likeness (QED) is 0.492. The number of fused-ring (bicyclic) bond motifs is 1. The van der Waals surface area contributed by atoms with Crippen molar-refractivity contribution in [2.24, 2.45) is 0 Å². The number of aromatic nitrogens is 3. The molecule has 0 amide bonds. The zero-order valence-corrected chi connectivity index (χ0v) is 15.6. The van der Waals surface area contributed by atoms with Gasteiger partial charge in [-0.15, -0.1) is 5.10 Å². The Morgan fingerprint density at radius 3 is 2.14 bits per heavy atom. The Bertz CT molecular complexity index is 1120. The fourth-order valence-corrected chi connectivity index (χ4v) is 3.26. The first kappa shape index (κ1) is 18.1. The van der Waals surface area contributed by atoms with Gasteiger partial charge in [-0.1, -0.05) is 24.3 Å². The maximum absolute atomic E-state index is 13.2. The second-order valence-corrected chi connectivity index (χ2v) is 6.75. The van der Waals surface area contributed by atoms with Crippen LogP contribution >= 0.6 is 0 Å². The molecule has 2 aromatic carbocycles. The molecule has 0 saturated heterocycles. The highest BCUT2D eigenvalue weighted by molar-refractivity contribution is 5.88. The summed E-state index contributed by atoms with van der Waals surface area (Å²) >= 11 is 0. The molecule has 0 aliphatic heterocycles. The molecule has 0 spiro atoms. The van der Waals surface area contributed by atoms with Crippen molar-refractivity contribution >= 4 is 10.9 Å². The third kappa shape index (κ3) is 3.45. The van der Waals surface area contributed by atoms with Crippen LogP contribution in [0.25, 0.3) is 10.9 Å². The molecule has 0 fully saturated rings. The molecule has 2 aromatic heterocycles. The molecule has 28 heavy (non-hydrogen) atoms. The summed E-state index contributed by atoms with van der Waals surface area (Å²) in [5.74, 6) is -0.131. The van der Waals surface area contributed by atoms with Crippen molar-refractivity contribution in [3.63, 3.8) is 0 Å². The highest BCUT2D eigenvalue weighted by atomic mass is 19.1. The minimum absolute atomic E-state index is 0.258. The summed E-state index contributed by atoms with van der Waals surface area (Å²) in [6, 6.07) is 12.6. The molecule has 0 saturated carbocycles. The van der Waals surface area contributed by atoms with Gasteiger partial charge in [0.1, 0.15) is 23.8 Å². The van der Waals surface area contributed by atoms with E-state index in [1.165, 1.54) is 24.3 Å². The maximum Gasteiger partial charge on any atom is 0.258 e. The first-order chi connectivity index (χ1) is 13.5. The van der Waals surface area contributed by atoms with E-state index in [1.54, 1.807) is 30.5 Å². The molecule has 4 aromatic rings. The summed E-state index contributed by atoms with van der Waals surface area (Å²) in [5, 5.41) is 9.22. The van der Waals surface area contributed by atoms with Crippen molar-refractivity contribution in [3.05, 3.63) is 88.7 Å². The summed E-state index contributed by atoms with van der Waals surface area (Å²) in [4.78, 5) is 0. The number of benzene rings is 2. The second kappa shape index (κ2) is 7.38. The third-order valence-electron chi connectivity index (χ3n) is 4.96. The van der Waals surface area contributed by atoms with Crippen molar-refractivity contribution in [2.75, 3.05) is 0 Å². The van der Waals surface area contributed by atoms with Gasteiger partial charge in [0.15, 0.2) is 0 Å². The number of rotatable bonds is 5. The van der Waals surface area contributed by atoms with Gasteiger partial charge in [-0.05, 0) is 54.8 Å². The normalized spacial score (nSPS) is 11.1. The first-order valence-electron chi connectivity index (χ1n) is 8.95. The molecule has 4 rings (SSSR count). The molecule has 6 heteroatoms. The standard InChI is InChI=1S/C22H19F2N3O/c1-14-15(2)27(12-16-3-7-18(23)8-4-16)21-20(14)11-25-26-22(21)28-13-17-5-9-19(24)10-6-17/h3-11H,12-13H2,1-2H3. The van der Waals surface area contributed by atoms with Crippen molar-refractivity contribution in [1.29, 1.82) is 0 Å². The Hall–Kier alpha value is -3.28. The summed E-state index contributed by atoms with van der Waals surface area (Å²) < 4.78 is 34.4. The number of nitrogens with zero attached hydrogens (tertiary/aromatic N) is 3. The topological polar surface area (TPSA) is 39.9 Å². The van der Waals surface area contributed by atoms with E-state index in [4.69, 9.17) is 4.74 Å². The second-order valence-electron chi connectivity index (χ2n) is 6.75. The number of ether oxygens (including phenoxy) is 1. The van der Waals surface area contributed by atoms with E-state index in [0.29, 0.717) is 12.4 Å². The molecule has 0 N–H and O–H groups in total. The Morgan fingerprint density at radius 2 is 1.50 bits per heavy atom. The average Bonchev–Trinajstić information content (AvgIpc) is 2.95. The Labute approximate surface area is 161 Å². The lowest BCUT2D eigenvalue weighted by Gasteiger charge is -2.12. The fraction of sp³-hybridized carbons (Fsp3) is 0.182. The van der Waals surface area contributed by atoms with Crippen LogP contribution in [0.3, 0.4) is 0 Å². The summed E-state index contributed by atoms with van der Waals surface area (Å²) in [5.41, 5.74) is 4.82. The fourth-order valence-electron chi connectivity index (χ4n) is 3.26. The monoisotopic (exact) mass is 379 g/mol. The van der Waals surface area contributed by atoms with Gasteiger partial charge in [0.2, 0.25) is 0 Å². The van der Waals surface area contributed by atoms with Gasteiger partial charge >= 0.3 is 0 Å². The molecule has 0 unspecified atom stereocenters. The van der Waals surface area contributed by atoms with E-state index in [1.807, 2.05) is 13.8 Å². The minimum atomic E-state index is -0.287. The van der Waals surface area contributed by atoms with Gasteiger partial charge in [0, 0.05) is 17.6 Å². The predicted octanol–water partition coefficient (Wildman–Crippen LogP) is 4.95. The summed E-state index contributed by atoms with van der Waals surface area (Å²) in [7, 11) is 0. The van der Waals surface area contributed by atoms with Gasteiger partial charge in [-0.2, -0.15) is 5.10 Å². The molecule has 0 radical (unpaired) electrons. The lowest BCUT2D eigenvalue weighted by atomic mass is 10.2. The van der Waals surface area contributed by atoms with Crippen LogP contribution < -0.4 is 4.74 Å². The predicted molar refractivity (Wildman–Crippen MR) is 103 cm³/mol. The Morgan fingerprint density at radius 1 is 0.893 bits per heavy atom. The van der Waals surface area contributed by atoms with Crippen LogP contribution in [0.15, 0.2) is 54.7 Å².